The first-order valence-electron chi connectivity index (χ1n) is 46.7. The third kappa shape index (κ3) is 32.8. The van der Waals surface area contributed by atoms with Crippen LogP contribution < -0.4 is 26.6 Å². The second kappa shape index (κ2) is 54.7. The van der Waals surface area contributed by atoms with Crippen molar-refractivity contribution in [2.24, 2.45) is 5.92 Å². The lowest BCUT2D eigenvalue weighted by Gasteiger charge is -2.40. The van der Waals surface area contributed by atoms with E-state index in [1.807, 2.05) is 0 Å². The monoisotopic (exact) mass is 2190 g/mol. The molecule has 8 rings (SSSR count). The van der Waals surface area contributed by atoms with Crippen molar-refractivity contribution in [2.45, 2.75) is 151 Å². The van der Waals surface area contributed by atoms with Crippen molar-refractivity contribution in [3.05, 3.63) is 72.1 Å². The van der Waals surface area contributed by atoms with Crippen molar-refractivity contribution in [3.63, 3.8) is 0 Å². The average molecular weight is 2190 g/mol. The number of ketones is 3. The van der Waals surface area contributed by atoms with E-state index in [1.54, 1.807) is 129 Å². The highest BCUT2D eigenvalue weighted by Gasteiger charge is 2.52. The number of amides is 17. The van der Waals surface area contributed by atoms with Crippen molar-refractivity contribution in [1.29, 1.82) is 0 Å². The highest BCUT2D eigenvalue weighted by molar-refractivity contribution is 8.77. The van der Waals surface area contributed by atoms with E-state index in [0.29, 0.717) is 21.8 Å². The van der Waals surface area contributed by atoms with Crippen LogP contribution in [0, 0.1) is 5.92 Å². The second-order valence-corrected chi connectivity index (χ2v) is 47.6. The summed E-state index contributed by atoms with van der Waals surface area (Å²) in [6.45, 7) is 6.86. The number of carbonyl (C=O) groups is 20. The minimum atomic E-state index is -1.48. The second-order valence-electron chi connectivity index (χ2n) is 38.8. The fraction of sp³-hybridized carbons (Fsp3) is 0.600. The Bertz CT molecular complexity index is 5500. The number of hydrogen-bond donors (Lipinski definition) is 7. The normalized spacial score (nSPS) is 24.4. The van der Waals surface area contributed by atoms with Crippen LogP contribution in [0.15, 0.2) is 60.7 Å². The van der Waals surface area contributed by atoms with E-state index in [2.05, 4.69) is 36.6 Å². The maximum atomic E-state index is 15.2. The van der Waals surface area contributed by atoms with Crippen LogP contribution in [0.5, 0.6) is 11.5 Å². The van der Waals surface area contributed by atoms with Gasteiger partial charge in [-0.05, 0) is 90.8 Å². The van der Waals surface area contributed by atoms with Gasteiger partial charge in [0.05, 0.1) is 69.7 Å². The Morgan fingerprint density at radius 1 is 0.418 bits per heavy atom. The molecule has 4 fully saturated rings. The number of rotatable bonds is 15. The third-order valence-electron chi connectivity index (χ3n) is 25.3. The largest absolute Gasteiger partial charge is 0.506 e. The van der Waals surface area contributed by atoms with Gasteiger partial charge < -0.3 is 95.3 Å². The number of Topliss-reactive ketones (excluding diaryl/α,β-unsaturated/α-hetero) is 3. The first-order valence-corrected chi connectivity index (χ1v) is 57.2. The maximum Gasteiger partial charge on any atom is 0.408 e. The van der Waals surface area contributed by atoms with Gasteiger partial charge in [0.2, 0.25) is 59.1 Å². The number of hydrogen-bond acceptors (Lipinski definition) is 34. The molecule has 51 heteroatoms. The Morgan fingerprint density at radius 3 is 1.15 bits per heavy atom. The van der Waals surface area contributed by atoms with Gasteiger partial charge in [-0.25, -0.2) is 29.1 Å². The van der Waals surface area contributed by atoms with Crippen LogP contribution in [-0.4, -0.2) is 483 Å². The zero-order valence-electron chi connectivity index (χ0n) is 87.0. The molecular weight excluding hydrogens is 2050 g/mol. The molecule has 2 aromatic carbocycles. The third-order valence-corrected chi connectivity index (χ3v) is 32.6. The van der Waals surface area contributed by atoms with Crippen LogP contribution in [0.2, 0.25) is 0 Å². The lowest BCUT2D eigenvalue weighted by molar-refractivity contribution is -0.829. The molecule has 146 heavy (non-hydrogen) atoms. The molecular formula is C95H139N19O24S8+2. The number of aromatic hydroxyl groups is 2. The summed E-state index contributed by atoms with van der Waals surface area (Å²) in [5.74, 6) is -14.4. The highest BCUT2D eigenvalue weighted by atomic mass is 33.1. The van der Waals surface area contributed by atoms with E-state index in [-0.39, 0.29) is 58.3 Å². The number of pyridine rings is 2. The number of nitrogens with zero attached hydrogens (tertiary/aromatic N) is 14. The van der Waals surface area contributed by atoms with Gasteiger partial charge in [0.1, 0.15) is 70.7 Å². The smallest absolute Gasteiger partial charge is 0.408 e. The maximum absolute atomic E-state index is 15.2. The van der Waals surface area contributed by atoms with Crippen molar-refractivity contribution in [2.75, 3.05) is 209 Å². The number of thioether (sulfide) groups is 4. The van der Waals surface area contributed by atoms with E-state index in [1.165, 1.54) is 183 Å². The molecule has 17 amide bonds. The van der Waals surface area contributed by atoms with Gasteiger partial charge in [-0.15, -0.1) is 0 Å². The number of carbonyl (C=O) groups excluding carboxylic acids is 20. The van der Waals surface area contributed by atoms with E-state index in [9.17, 15) is 101 Å². The van der Waals surface area contributed by atoms with Crippen LogP contribution in [0.4, 0.5) is 9.59 Å². The predicted octanol–water partition coefficient (Wildman–Crippen LogP) is 2.89. The van der Waals surface area contributed by atoms with Gasteiger partial charge in [0.15, 0.2) is 47.2 Å². The molecule has 43 nitrogen and oxygen atoms in total. The van der Waals surface area contributed by atoms with Crippen molar-refractivity contribution < 1.29 is 125 Å². The summed E-state index contributed by atoms with van der Waals surface area (Å²) >= 11 is 5.08. The first-order chi connectivity index (χ1) is 68.3. The fourth-order valence-electron chi connectivity index (χ4n) is 16.2. The SMILES string of the molecule is CSC[C@H]1C(=O)N(C)C[C@@H](CC(=O)c2nc3ccccc3cc2O)C(=O)NCC(=O)N(C)[C@H]2CSSC[C@@H](C(=O)N1C)N(C)C(=O)CCC(=O)[C@H](NC(=O)c1nc3ccccc3cc1O)CN(C)C(=O)[C@H](CSC)[N+](C)(C)C2=O.CSC[C@H]1C(=O)N(C)C[C@@H](NC(=O)OC(C)(C)C)C(=O)NCC(=O)N(C)[C@H]2CSSC[C@@H](C(=O)N1C)N(C)C(=O)CCC(=O)[C@H](NC(=O)OC(C)(C)C)CN(C)C(=O)[C@H](CSC)[N+](C)(C)C2=O. The van der Waals surface area contributed by atoms with Crippen molar-refractivity contribution >= 4 is 230 Å². The number of aromatic nitrogens is 2. The van der Waals surface area contributed by atoms with Gasteiger partial charge in [0.25, 0.3) is 17.7 Å². The molecule has 0 aliphatic carbocycles. The van der Waals surface area contributed by atoms with E-state index in [0.717, 1.165) is 53.0 Å². The molecule has 4 bridgehead atoms. The molecule has 6 heterocycles. The lowest BCUT2D eigenvalue weighted by Crippen LogP contribution is -2.66. The number of fused-ring (bicyclic) bond motifs is 12. The van der Waals surface area contributed by atoms with E-state index < -0.39 is 293 Å². The quantitative estimate of drug-likeness (QED) is 0.0511. The van der Waals surface area contributed by atoms with Gasteiger partial charge in [-0.2, -0.15) is 47.0 Å². The molecule has 7 N–H and O–H groups in total. The number of benzene rings is 2. The Balaban J connectivity index is 0.000000402. The number of quaternary nitrogens is 2. The average Bonchev–Trinajstić information content (AvgIpc) is 0.784. The molecule has 0 saturated carbocycles. The van der Waals surface area contributed by atoms with Crippen LogP contribution in [0.3, 0.4) is 0 Å². The van der Waals surface area contributed by atoms with Crippen molar-refractivity contribution in [3.8, 4) is 11.5 Å². The Hall–Kier alpha value is -10.4. The molecule has 0 radical (unpaired) electrons. The summed E-state index contributed by atoms with van der Waals surface area (Å²) in [7, 11) is 24.6. The topological polar surface area (TPSA) is 519 Å². The number of nitrogens with one attached hydrogen (secondary N) is 5. The van der Waals surface area contributed by atoms with Crippen molar-refractivity contribution in [1.82, 2.24) is 85.6 Å². The minimum Gasteiger partial charge on any atom is -0.506 e. The molecule has 4 aliphatic heterocycles. The summed E-state index contributed by atoms with van der Waals surface area (Å²) in [6.07, 6.45) is 2.74. The summed E-state index contributed by atoms with van der Waals surface area (Å²) in [5, 5.41) is 35.7. The molecule has 4 saturated heterocycles. The lowest BCUT2D eigenvalue weighted by atomic mass is 9.97. The first kappa shape index (κ1) is 123. The molecule has 0 unspecified atom stereocenters. The molecule has 2 aromatic heterocycles. The summed E-state index contributed by atoms with van der Waals surface area (Å²) in [4.78, 5) is 306. The number of alkyl carbamates (subject to hydrolysis) is 2. The van der Waals surface area contributed by atoms with Crippen LogP contribution >= 0.6 is 90.2 Å². The Kier molecular flexibility index (Phi) is 45.9. The zero-order valence-corrected chi connectivity index (χ0v) is 93.6. The predicted molar refractivity (Wildman–Crippen MR) is 566 cm³/mol. The molecule has 0 spiro atoms. The zero-order chi connectivity index (χ0) is 109. The molecule has 4 aromatic rings. The summed E-state index contributed by atoms with van der Waals surface area (Å²) < 4.78 is 9.65. The standard InChI is InChI=1S/C53H66N10O12S4.C42H71N9O12S4/c1-58-24-32(22-42(66)46-41(65)20-30-14-10-12-16-33(30)55-46)48(70)54-23-45(69)61(4)38-28-79-78-27-37(51(73)62(5)36(26-76-8)50(58)72)60(3)44(68)19-18-40(64)35(25-59(2)52(74)39(29-77-9)63(6,7)53(38)75)57-49(71)47-43(67)21-31-15-11-13-17-34(31)56-47;1-41(2,3)62-39(60)44-25-19-47(8)37(58)30(24-65-15)51(12,13)38(59)29-23-67-66-22-28(48(9)32(53)17-16-31(25)52)36(57)50(11)27(21-64-14)35(56)46(7)20-26(45-40(61)63-42(4,5)6)34(55)43-18-33(54)49(29)10/h10-17,20-21,32,35-39H,18-19,22-29H2,1-9H3,(H3-,54,57,65,66,67,70,71);25-30H,16-24H2,1-15H3,(H2-,43,44,45,55,60,61)/p+2/t32-,35-,36+,37+,38+,39+;25-,26-,27+,28+,29+,30+/m11/s1. The van der Waals surface area contributed by atoms with Gasteiger partial charge in [0, 0.05) is 174 Å². The Morgan fingerprint density at radius 2 is 0.753 bits per heavy atom. The van der Waals surface area contributed by atoms with Gasteiger partial charge in [-0.3, -0.25) is 85.7 Å². The number of likely N-dealkylation sites (N-methyl/N-ethyl adjacent to an activating group) is 12. The minimum absolute atomic E-state index is 0.0591. The molecule has 804 valence electrons. The summed E-state index contributed by atoms with van der Waals surface area (Å²) in [6, 6.07) is 2.43. The van der Waals surface area contributed by atoms with Crippen LogP contribution in [0.25, 0.3) is 21.8 Å². The van der Waals surface area contributed by atoms with E-state index >= 15 is 4.79 Å². The van der Waals surface area contributed by atoms with Gasteiger partial charge in [-0.1, -0.05) is 79.6 Å². The number of ether oxygens (including phenoxy) is 2. The number of para-hydroxylation sites is 2. The molecule has 4 aliphatic rings. The fourth-order valence-corrected chi connectivity index (χ4v) is 24.3. The van der Waals surface area contributed by atoms with Crippen LogP contribution in [0.1, 0.15) is 94.6 Å². The summed E-state index contributed by atoms with van der Waals surface area (Å²) in [5.41, 5.74) is -1.83. The Labute approximate surface area is 883 Å². The van der Waals surface area contributed by atoms with E-state index in [4.69, 9.17) is 9.47 Å². The molecule has 12 atom stereocenters. The highest BCUT2D eigenvalue weighted by Crippen LogP contribution is 2.35. The van der Waals surface area contributed by atoms with Gasteiger partial charge >= 0.3 is 24.0 Å². The van der Waals surface area contributed by atoms with Crippen LogP contribution in [-0.2, 0) is 86.2 Å².